The van der Waals surface area contributed by atoms with Crippen molar-refractivity contribution in [1.82, 2.24) is 0 Å². The van der Waals surface area contributed by atoms with E-state index in [4.69, 9.17) is 0 Å². The Morgan fingerprint density at radius 3 is 1.18 bits per heavy atom. The first-order chi connectivity index (χ1) is 9.45. The molecule has 0 amide bonds. The van der Waals surface area contributed by atoms with Crippen LogP contribution in [0.2, 0.25) is 6.55 Å². The molecule has 1 rings (SSSR count). The van der Waals surface area contributed by atoms with Crippen molar-refractivity contribution < 1.29 is 8.22 Å². The van der Waals surface area contributed by atoms with Gasteiger partial charge in [0.25, 0.3) is 0 Å². The van der Waals surface area contributed by atoms with Crippen molar-refractivity contribution in [2.45, 2.75) is 85.1 Å². The van der Waals surface area contributed by atoms with Crippen LogP contribution in [0.15, 0.2) is 12.1 Å². The molecule has 0 saturated carbocycles. The monoisotopic (exact) mass is 326 g/mol. The van der Waals surface area contributed by atoms with Crippen molar-refractivity contribution in [2.75, 3.05) is 0 Å². The molecule has 1 aromatic rings. The average Bonchev–Trinajstić information content (AvgIpc) is 2.22. The van der Waals surface area contributed by atoms with Crippen LogP contribution in [-0.2, 0) is 16.2 Å². The first-order valence-corrected chi connectivity index (χ1v) is 10.3. The molecule has 0 unspecified atom stereocenters. The highest BCUT2D eigenvalue weighted by atomic mass is 28.4. The maximum atomic E-state index is 14.6. The van der Waals surface area contributed by atoms with Crippen molar-refractivity contribution in [1.29, 1.82) is 0 Å². The van der Waals surface area contributed by atoms with E-state index in [0.29, 0.717) is 5.19 Å². The molecule has 3 heteroatoms. The van der Waals surface area contributed by atoms with Gasteiger partial charge in [-0.1, -0.05) is 74.4 Å². The van der Waals surface area contributed by atoms with Crippen molar-refractivity contribution in [3.05, 3.63) is 28.8 Å². The molecule has 0 atom stereocenters. The maximum absolute atomic E-state index is 14.6. The molecule has 0 N–H and O–H groups in total. The van der Waals surface area contributed by atoms with E-state index in [1.165, 1.54) is 0 Å². The molecule has 0 nitrogen and oxygen atoms in total. The maximum Gasteiger partial charge on any atom is 0.453 e. The van der Waals surface area contributed by atoms with E-state index >= 15 is 0 Å². The molecule has 22 heavy (non-hydrogen) atoms. The highest BCUT2D eigenvalue weighted by molar-refractivity contribution is 6.79. The van der Waals surface area contributed by atoms with Crippen molar-refractivity contribution in [2.24, 2.45) is 0 Å². The Balaban J connectivity index is 3.96. The minimum absolute atomic E-state index is 0.0525. The number of halogens is 2. The molecule has 0 aromatic heterocycles. The molecular formula is C19H32F2Si. The lowest BCUT2D eigenvalue weighted by Gasteiger charge is -2.34. The lowest BCUT2D eigenvalue weighted by atomic mass is 9.75. The first-order valence-electron chi connectivity index (χ1n) is 8.03. The summed E-state index contributed by atoms with van der Waals surface area (Å²) in [5.74, 6) is 0. The second-order valence-electron chi connectivity index (χ2n) is 9.58. The van der Waals surface area contributed by atoms with Gasteiger partial charge < -0.3 is 0 Å². The predicted octanol–water partition coefficient (Wildman–Crippen LogP) is 5.80. The Hall–Kier alpha value is -0.703. The number of rotatable bonds is 1. The molecule has 0 radical (unpaired) electrons. The molecule has 0 aliphatic carbocycles. The van der Waals surface area contributed by atoms with Gasteiger partial charge in [0.1, 0.15) is 0 Å². The van der Waals surface area contributed by atoms with Gasteiger partial charge in [0, 0.05) is 5.19 Å². The first kappa shape index (κ1) is 19.3. The Kier molecular flexibility index (Phi) is 4.78. The standard InChI is InChI=1S/C19H32F2Si/c1-17(2,3)13-11-14(18(4,5)6)16(22(10,20)21)15(12-13)19(7,8)9/h11-12H,1-10H3. The van der Waals surface area contributed by atoms with E-state index in [0.717, 1.165) is 23.2 Å². The van der Waals surface area contributed by atoms with E-state index in [-0.39, 0.29) is 16.2 Å². The Morgan fingerprint density at radius 2 is 1.00 bits per heavy atom. The van der Waals surface area contributed by atoms with Gasteiger partial charge in [-0.25, -0.2) is 0 Å². The molecular weight excluding hydrogens is 294 g/mol. The zero-order valence-electron chi connectivity index (χ0n) is 15.9. The summed E-state index contributed by atoms with van der Waals surface area (Å²) in [4.78, 5) is 0. The van der Waals surface area contributed by atoms with Gasteiger partial charge in [0.2, 0.25) is 0 Å². The lowest BCUT2D eigenvalue weighted by molar-refractivity contribution is 0.545. The van der Waals surface area contributed by atoms with Crippen LogP contribution < -0.4 is 5.19 Å². The molecule has 1 aromatic carbocycles. The molecule has 0 aliphatic rings. The fourth-order valence-corrected chi connectivity index (χ4v) is 4.57. The third kappa shape index (κ3) is 4.18. The fourth-order valence-electron chi connectivity index (χ4n) is 2.73. The van der Waals surface area contributed by atoms with Crippen LogP contribution >= 0.6 is 0 Å². The molecule has 0 bridgehead atoms. The summed E-state index contributed by atoms with van der Waals surface area (Å²) in [6.07, 6.45) is 0. The Morgan fingerprint density at radius 1 is 0.682 bits per heavy atom. The van der Waals surface area contributed by atoms with Gasteiger partial charge >= 0.3 is 8.74 Å². The van der Waals surface area contributed by atoms with E-state index in [1.807, 2.05) is 53.7 Å². The van der Waals surface area contributed by atoms with Crippen molar-refractivity contribution >= 4 is 13.9 Å². The smallest absolute Gasteiger partial charge is 0.265 e. The minimum Gasteiger partial charge on any atom is -0.265 e. The topological polar surface area (TPSA) is 0 Å². The molecule has 0 spiro atoms. The highest BCUT2D eigenvalue weighted by Gasteiger charge is 2.41. The summed E-state index contributed by atoms with van der Waals surface area (Å²) in [5.41, 5.74) is 2.16. The quantitative estimate of drug-likeness (QED) is 0.452. The Bertz CT molecular complexity index is 512. The summed E-state index contributed by atoms with van der Waals surface area (Å²) in [5, 5.41) is 0.348. The van der Waals surface area contributed by atoms with Crippen molar-refractivity contribution in [3.8, 4) is 0 Å². The Labute approximate surface area is 136 Å². The van der Waals surface area contributed by atoms with Crippen LogP contribution in [0, 0.1) is 0 Å². The summed E-state index contributed by atoms with van der Waals surface area (Å²) in [6, 6.07) is 4.05. The van der Waals surface area contributed by atoms with Gasteiger partial charge in [-0.2, -0.15) is 0 Å². The average molecular weight is 327 g/mol. The van der Waals surface area contributed by atoms with Gasteiger partial charge in [-0.15, -0.1) is 0 Å². The van der Waals surface area contributed by atoms with Gasteiger partial charge in [0.05, 0.1) is 0 Å². The second kappa shape index (κ2) is 5.43. The van der Waals surface area contributed by atoms with E-state index in [2.05, 4.69) is 20.8 Å². The lowest BCUT2D eigenvalue weighted by Crippen LogP contribution is -2.46. The highest BCUT2D eigenvalue weighted by Crippen LogP contribution is 2.35. The summed E-state index contributed by atoms with van der Waals surface area (Å²) >= 11 is 0. The SMILES string of the molecule is CC(C)(C)c1cc(C(C)(C)C)c([Si](C)(F)F)c(C(C)(C)C)c1. The van der Waals surface area contributed by atoms with Crippen LogP contribution in [0.25, 0.3) is 0 Å². The van der Waals surface area contributed by atoms with Crippen LogP contribution in [0.4, 0.5) is 8.22 Å². The van der Waals surface area contributed by atoms with Crippen LogP contribution in [-0.4, -0.2) is 8.74 Å². The minimum atomic E-state index is -4.42. The van der Waals surface area contributed by atoms with Crippen LogP contribution in [0.5, 0.6) is 0 Å². The zero-order chi connectivity index (χ0) is 17.7. The largest absolute Gasteiger partial charge is 0.453 e. The third-order valence-electron chi connectivity index (χ3n) is 4.06. The normalized spacial score (nSPS) is 14.4. The van der Waals surface area contributed by atoms with E-state index < -0.39 is 8.74 Å². The third-order valence-corrected chi connectivity index (χ3v) is 5.48. The summed E-state index contributed by atoms with van der Waals surface area (Å²) in [6.45, 7) is 19.8. The van der Waals surface area contributed by atoms with E-state index in [1.54, 1.807) is 0 Å². The molecule has 0 aliphatic heterocycles. The number of benzene rings is 1. The molecule has 0 fully saturated rings. The van der Waals surface area contributed by atoms with Crippen LogP contribution in [0.3, 0.4) is 0 Å². The zero-order valence-corrected chi connectivity index (χ0v) is 16.9. The van der Waals surface area contributed by atoms with E-state index in [9.17, 15) is 8.22 Å². The molecule has 0 heterocycles. The van der Waals surface area contributed by atoms with Gasteiger partial charge in [-0.05, 0) is 39.5 Å². The van der Waals surface area contributed by atoms with Crippen LogP contribution in [0.1, 0.15) is 79.0 Å². The van der Waals surface area contributed by atoms with Gasteiger partial charge in [0.15, 0.2) is 0 Å². The molecule has 126 valence electrons. The summed E-state index contributed by atoms with van der Waals surface area (Å²) in [7, 11) is -4.42. The summed E-state index contributed by atoms with van der Waals surface area (Å²) < 4.78 is 29.2. The predicted molar refractivity (Wildman–Crippen MR) is 96.0 cm³/mol. The number of hydrogen-bond donors (Lipinski definition) is 0. The van der Waals surface area contributed by atoms with Crippen molar-refractivity contribution in [3.63, 3.8) is 0 Å². The van der Waals surface area contributed by atoms with Gasteiger partial charge in [-0.3, -0.25) is 8.22 Å². The molecule has 0 saturated heterocycles. The fraction of sp³-hybridized carbons (Fsp3) is 0.684. The number of hydrogen-bond acceptors (Lipinski definition) is 0. The second-order valence-corrected chi connectivity index (χ2v) is 11.9.